The minimum absolute atomic E-state index is 0.0659. The topological polar surface area (TPSA) is 139 Å². The van der Waals surface area contributed by atoms with Crippen LogP contribution < -0.4 is 25.6 Å². The lowest BCUT2D eigenvalue weighted by molar-refractivity contribution is -0.134. The average molecular weight is 704 g/mol. The normalized spacial score (nSPS) is 16.2. The maximum atomic E-state index is 12.3. The molecular formula is C38H49N5O6S. The summed E-state index contributed by atoms with van der Waals surface area (Å²) in [7, 11) is 0. The largest absolute Gasteiger partial charge is 0.494 e. The lowest BCUT2D eigenvalue weighted by Gasteiger charge is -2.26. The second-order valence-electron chi connectivity index (χ2n) is 12.8. The Bertz CT molecular complexity index is 1550. The van der Waals surface area contributed by atoms with E-state index in [0.29, 0.717) is 50.9 Å². The van der Waals surface area contributed by atoms with Gasteiger partial charge in [0.1, 0.15) is 5.75 Å². The van der Waals surface area contributed by atoms with Gasteiger partial charge in [-0.05, 0) is 61.9 Å². The van der Waals surface area contributed by atoms with Crippen LogP contribution in [-0.4, -0.2) is 68.1 Å². The summed E-state index contributed by atoms with van der Waals surface area (Å²) < 4.78 is 11.5. The molecule has 2 saturated heterocycles. The van der Waals surface area contributed by atoms with E-state index in [4.69, 9.17) is 14.5 Å². The van der Waals surface area contributed by atoms with E-state index in [1.165, 1.54) is 0 Å². The molecule has 2 aliphatic heterocycles. The highest BCUT2D eigenvalue weighted by Gasteiger charge is 2.27. The van der Waals surface area contributed by atoms with Crippen LogP contribution in [0.3, 0.4) is 0 Å². The molecule has 2 aliphatic rings. The van der Waals surface area contributed by atoms with E-state index in [-0.39, 0.29) is 29.5 Å². The molecule has 11 nitrogen and oxygen atoms in total. The van der Waals surface area contributed by atoms with Gasteiger partial charge in [-0.1, -0.05) is 49.9 Å². The fraction of sp³-hybridized carbons (Fsp3) is 0.500. The molecule has 0 spiro atoms. The van der Waals surface area contributed by atoms with Crippen molar-refractivity contribution in [2.24, 2.45) is 0 Å². The predicted octanol–water partition coefficient (Wildman–Crippen LogP) is 6.20. The van der Waals surface area contributed by atoms with Crippen molar-refractivity contribution in [1.82, 2.24) is 15.6 Å². The van der Waals surface area contributed by atoms with Crippen molar-refractivity contribution in [2.75, 3.05) is 49.7 Å². The van der Waals surface area contributed by atoms with E-state index < -0.39 is 0 Å². The number of aromatic nitrogens is 1. The van der Waals surface area contributed by atoms with Gasteiger partial charge in [-0.15, -0.1) is 11.3 Å². The minimum Gasteiger partial charge on any atom is -0.494 e. The Morgan fingerprint density at radius 3 is 2.46 bits per heavy atom. The molecule has 0 aliphatic carbocycles. The summed E-state index contributed by atoms with van der Waals surface area (Å²) in [6.45, 7) is 4.51. The predicted molar refractivity (Wildman–Crippen MR) is 195 cm³/mol. The first-order valence-electron chi connectivity index (χ1n) is 18.0. The van der Waals surface area contributed by atoms with Crippen molar-refractivity contribution < 1.29 is 28.7 Å². The molecule has 2 fully saturated rings. The summed E-state index contributed by atoms with van der Waals surface area (Å²) in [5.41, 5.74) is 3.54. The minimum atomic E-state index is -0.343. The van der Waals surface area contributed by atoms with Crippen molar-refractivity contribution in [3.8, 4) is 17.0 Å². The number of unbranched alkanes of at least 4 members (excludes halogenated alkanes) is 6. The number of nitrogens with zero attached hydrogens (tertiary/aromatic N) is 2. The number of ether oxygens (including phenoxy) is 2. The number of benzene rings is 2. The van der Waals surface area contributed by atoms with E-state index in [1.54, 1.807) is 23.5 Å². The highest BCUT2D eigenvalue weighted by Crippen LogP contribution is 2.30. The van der Waals surface area contributed by atoms with E-state index in [2.05, 4.69) is 38.4 Å². The number of nitrogens with one attached hydrogen (secondary N) is 3. The van der Waals surface area contributed by atoms with Crippen LogP contribution in [0, 0.1) is 0 Å². The van der Waals surface area contributed by atoms with Gasteiger partial charge in [0.15, 0.2) is 5.13 Å². The van der Waals surface area contributed by atoms with Crippen LogP contribution in [0.2, 0.25) is 0 Å². The van der Waals surface area contributed by atoms with Gasteiger partial charge in [-0.25, -0.2) is 4.98 Å². The van der Waals surface area contributed by atoms with Gasteiger partial charge in [0.2, 0.25) is 23.6 Å². The number of piperidine rings is 1. The van der Waals surface area contributed by atoms with E-state index in [9.17, 15) is 19.2 Å². The summed E-state index contributed by atoms with van der Waals surface area (Å²) in [5, 5.41) is 11.4. The van der Waals surface area contributed by atoms with Crippen molar-refractivity contribution in [3.63, 3.8) is 0 Å². The zero-order valence-corrected chi connectivity index (χ0v) is 29.6. The zero-order chi connectivity index (χ0) is 35.0. The van der Waals surface area contributed by atoms with Crippen LogP contribution in [-0.2, 0) is 23.9 Å². The highest BCUT2D eigenvalue weighted by atomic mass is 32.1. The van der Waals surface area contributed by atoms with Gasteiger partial charge in [-0.2, -0.15) is 0 Å². The Balaban J connectivity index is 0.838. The van der Waals surface area contributed by atoms with E-state index in [1.807, 2.05) is 24.3 Å². The quantitative estimate of drug-likeness (QED) is 0.0991. The Labute approximate surface area is 298 Å². The summed E-state index contributed by atoms with van der Waals surface area (Å²) in [5.74, 6) is -0.00591. The van der Waals surface area contributed by atoms with Gasteiger partial charge < -0.3 is 25.0 Å². The van der Waals surface area contributed by atoms with Crippen molar-refractivity contribution in [2.45, 2.75) is 83.0 Å². The molecule has 1 unspecified atom stereocenters. The molecule has 3 aromatic rings. The molecule has 1 aromatic heterocycles. The standard InChI is InChI=1S/C38H49N5O6S/c44-34(39-20-7-6-13-35(45)40-30-16-14-28(15-17-30)32-18-19-36(46)42-37(32)47)12-5-3-1-2-4-8-23-49-31-11-9-10-29(26-31)33-27-50-38(41-33)43-21-24-48-25-22-43/h9-11,14-17,26-27,32H,1-8,12-13,18-25H2,(H,39,44)(H,40,45)(H,42,46,47). The number of carbonyl (C=O) groups excluding carboxylic acids is 4. The average Bonchev–Trinajstić information content (AvgIpc) is 3.63. The number of thiazole rings is 1. The third kappa shape index (κ3) is 11.9. The summed E-state index contributed by atoms with van der Waals surface area (Å²) >= 11 is 1.67. The van der Waals surface area contributed by atoms with Crippen molar-refractivity contribution in [1.29, 1.82) is 0 Å². The summed E-state index contributed by atoms with van der Waals surface area (Å²) in [4.78, 5) is 55.1. The molecule has 3 heterocycles. The smallest absolute Gasteiger partial charge is 0.234 e. The number of rotatable bonds is 19. The van der Waals surface area contributed by atoms with E-state index in [0.717, 1.165) is 99.0 Å². The Morgan fingerprint density at radius 1 is 0.920 bits per heavy atom. The molecule has 1 atom stereocenters. The monoisotopic (exact) mass is 703 g/mol. The SMILES string of the molecule is O=C(CCCCCCCCOc1cccc(-c2csc(N3CCOCC3)n2)c1)NCCCCC(=O)Nc1ccc(C2CCC(=O)NC2=O)cc1. The fourth-order valence-electron chi connectivity index (χ4n) is 6.09. The Kier molecular flexibility index (Phi) is 14.6. The first-order valence-corrected chi connectivity index (χ1v) is 18.8. The number of amides is 4. The number of hydrogen-bond acceptors (Lipinski definition) is 9. The van der Waals surface area contributed by atoms with Crippen LogP contribution in [0.15, 0.2) is 53.9 Å². The number of anilines is 2. The molecule has 0 radical (unpaired) electrons. The Morgan fingerprint density at radius 2 is 1.66 bits per heavy atom. The molecule has 0 bridgehead atoms. The van der Waals surface area contributed by atoms with Crippen LogP contribution in [0.25, 0.3) is 11.3 Å². The number of carbonyl (C=O) groups is 4. The Hall–Kier alpha value is -4.29. The van der Waals surface area contributed by atoms with Crippen LogP contribution in [0.1, 0.15) is 88.5 Å². The summed E-state index contributed by atoms with van der Waals surface area (Å²) in [6, 6.07) is 15.3. The second-order valence-corrected chi connectivity index (χ2v) is 13.7. The molecule has 12 heteroatoms. The summed E-state index contributed by atoms with van der Waals surface area (Å²) in [6.07, 6.45) is 9.37. The van der Waals surface area contributed by atoms with Gasteiger partial charge in [0, 0.05) is 55.5 Å². The maximum Gasteiger partial charge on any atom is 0.234 e. The van der Waals surface area contributed by atoms with Crippen LogP contribution in [0.5, 0.6) is 5.75 Å². The van der Waals surface area contributed by atoms with Crippen LogP contribution >= 0.6 is 11.3 Å². The molecule has 3 N–H and O–H groups in total. The number of imide groups is 1. The highest BCUT2D eigenvalue weighted by molar-refractivity contribution is 7.14. The first-order chi connectivity index (χ1) is 24.4. The molecule has 50 heavy (non-hydrogen) atoms. The third-order valence-corrected chi connectivity index (χ3v) is 9.86. The third-order valence-electron chi connectivity index (χ3n) is 8.96. The number of hydrogen-bond donors (Lipinski definition) is 3. The van der Waals surface area contributed by atoms with Gasteiger partial charge in [0.05, 0.1) is 31.4 Å². The van der Waals surface area contributed by atoms with Gasteiger partial charge >= 0.3 is 0 Å². The van der Waals surface area contributed by atoms with Crippen molar-refractivity contribution >= 4 is 45.8 Å². The molecule has 2 aromatic carbocycles. The van der Waals surface area contributed by atoms with Crippen molar-refractivity contribution in [3.05, 3.63) is 59.5 Å². The molecule has 268 valence electrons. The molecule has 0 saturated carbocycles. The second kappa shape index (κ2) is 19.8. The number of morpholine rings is 1. The van der Waals surface area contributed by atoms with Gasteiger partial charge in [0.25, 0.3) is 0 Å². The van der Waals surface area contributed by atoms with Crippen LogP contribution in [0.4, 0.5) is 10.8 Å². The first kappa shape index (κ1) is 37.0. The zero-order valence-electron chi connectivity index (χ0n) is 28.8. The molecule has 5 rings (SSSR count). The molecular weight excluding hydrogens is 655 g/mol. The lowest BCUT2D eigenvalue weighted by Crippen LogP contribution is -2.39. The molecule has 4 amide bonds. The van der Waals surface area contributed by atoms with E-state index >= 15 is 0 Å². The van der Waals surface area contributed by atoms with Gasteiger partial charge in [-0.3, -0.25) is 24.5 Å². The fourth-order valence-corrected chi connectivity index (χ4v) is 6.98. The lowest BCUT2D eigenvalue weighted by atomic mass is 9.90. The maximum absolute atomic E-state index is 12.3.